The van der Waals surface area contributed by atoms with Gasteiger partial charge in [0.2, 0.25) is 0 Å². The Bertz CT molecular complexity index is 196. The molecule has 0 saturated heterocycles. The molecule has 0 amide bonds. The van der Waals surface area contributed by atoms with Gasteiger partial charge in [0.1, 0.15) is 0 Å². The summed E-state index contributed by atoms with van der Waals surface area (Å²) < 4.78 is 5.75. The highest BCUT2D eigenvalue weighted by atomic mass is 28.2. The molecule has 0 rings (SSSR count). The lowest BCUT2D eigenvalue weighted by Crippen LogP contribution is -2.14. The van der Waals surface area contributed by atoms with Crippen LogP contribution in [0.1, 0.15) is 48.0 Å². The molecular formula is C13H28OSi. The van der Waals surface area contributed by atoms with Crippen molar-refractivity contribution in [2.24, 2.45) is 10.8 Å². The van der Waals surface area contributed by atoms with Crippen molar-refractivity contribution in [3.05, 3.63) is 12.2 Å². The third kappa shape index (κ3) is 8.88. The highest BCUT2D eigenvalue weighted by molar-refractivity contribution is 6.28. The predicted molar refractivity (Wildman–Crippen MR) is 72.0 cm³/mol. The van der Waals surface area contributed by atoms with Crippen molar-refractivity contribution in [3.8, 4) is 0 Å². The molecule has 0 aliphatic rings. The molecule has 0 atom stereocenters. The predicted octanol–water partition coefficient (Wildman–Crippen LogP) is 3.54. The first kappa shape index (κ1) is 14.9. The third-order valence-corrected chi connectivity index (χ3v) is 3.99. The lowest BCUT2D eigenvalue weighted by molar-refractivity contribution is 0.251. The number of allylic oxidation sites excluding steroid dienone is 1. The summed E-state index contributed by atoms with van der Waals surface area (Å²) in [5.74, 6) is 0. The molecule has 0 bridgehead atoms. The van der Waals surface area contributed by atoms with E-state index in [1.807, 2.05) is 0 Å². The highest BCUT2D eigenvalue weighted by Gasteiger charge is 2.14. The van der Waals surface area contributed by atoms with Crippen LogP contribution < -0.4 is 0 Å². The van der Waals surface area contributed by atoms with E-state index in [4.69, 9.17) is 4.43 Å². The summed E-state index contributed by atoms with van der Waals surface area (Å²) in [7, 11) is -0.384. The lowest BCUT2D eigenvalue weighted by atomic mass is 9.89. The van der Waals surface area contributed by atoms with E-state index in [2.05, 4.69) is 48.1 Å². The molecule has 0 saturated carbocycles. The van der Waals surface area contributed by atoms with Crippen molar-refractivity contribution in [2.75, 3.05) is 6.61 Å². The van der Waals surface area contributed by atoms with E-state index in [1.165, 1.54) is 5.57 Å². The van der Waals surface area contributed by atoms with E-state index in [0.29, 0.717) is 5.41 Å². The first-order chi connectivity index (χ1) is 6.63. The standard InChI is InChI=1S/C13H28OSi/c1-11(13(5,6)7)10-15-14-9-8-12(2,3)4/h1,8-10,15H2,2-7H3. The Balaban J connectivity index is 3.53. The van der Waals surface area contributed by atoms with E-state index in [9.17, 15) is 0 Å². The number of hydrogen-bond donors (Lipinski definition) is 0. The molecule has 0 unspecified atom stereocenters. The van der Waals surface area contributed by atoms with Gasteiger partial charge in [-0.2, -0.15) is 0 Å². The van der Waals surface area contributed by atoms with Crippen molar-refractivity contribution in [1.29, 1.82) is 0 Å². The SMILES string of the molecule is C=C(C[SiH2]OCCC(C)(C)C)C(C)(C)C. The van der Waals surface area contributed by atoms with Crippen LogP contribution in [0.5, 0.6) is 0 Å². The number of hydrogen-bond acceptors (Lipinski definition) is 1. The Morgan fingerprint density at radius 2 is 1.67 bits per heavy atom. The van der Waals surface area contributed by atoms with Crippen LogP contribution >= 0.6 is 0 Å². The summed E-state index contributed by atoms with van der Waals surface area (Å²) in [6, 6.07) is 1.12. The first-order valence-corrected chi connectivity index (χ1v) is 7.47. The van der Waals surface area contributed by atoms with Crippen LogP contribution in [-0.2, 0) is 4.43 Å². The van der Waals surface area contributed by atoms with Crippen LogP contribution in [-0.4, -0.2) is 16.4 Å². The molecule has 0 aliphatic heterocycles. The molecule has 0 aromatic carbocycles. The average Bonchev–Trinajstić information content (AvgIpc) is 1.99. The van der Waals surface area contributed by atoms with Gasteiger partial charge in [-0.25, -0.2) is 0 Å². The smallest absolute Gasteiger partial charge is 0.165 e. The maximum absolute atomic E-state index is 5.75. The van der Waals surface area contributed by atoms with Gasteiger partial charge in [0.15, 0.2) is 9.76 Å². The maximum Gasteiger partial charge on any atom is 0.165 e. The zero-order valence-corrected chi connectivity index (χ0v) is 12.9. The van der Waals surface area contributed by atoms with Crippen molar-refractivity contribution in [3.63, 3.8) is 0 Å². The fraction of sp³-hybridized carbons (Fsp3) is 0.846. The van der Waals surface area contributed by atoms with Crippen LogP contribution in [0.2, 0.25) is 6.04 Å². The van der Waals surface area contributed by atoms with Gasteiger partial charge >= 0.3 is 0 Å². The van der Waals surface area contributed by atoms with E-state index < -0.39 is 0 Å². The monoisotopic (exact) mass is 228 g/mol. The molecule has 0 N–H and O–H groups in total. The Morgan fingerprint density at radius 1 is 1.13 bits per heavy atom. The molecule has 15 heavy (non-hydrogen) atoms. The van der Waals surface area contributed by atoms with Crippen molar-refractivity contribution < 1.29 is 4.43 Å². The maximum atomic E-state index is 5.75. The molecule has 90 valence electrons. The summed E-state index contributed by atoms with van der Waals surface area (Å²) in [5, 5.41) is 0. The molecule has 0 radical (unpaired) electrons. The summed E-state index contributed by atoms with van der Waals surface area (Å²) in [6.07, 6.45) is 1.15. The van der Waals surface area contributed by atoms with Crippen molar-refractivity contribution >= 4 is 9.76 Å². The van der Waals surface area contributed by atoms with E-state index in [0.717, 1.165) is 19.1 Å². The molecule has 0 aromatic rings. The zero-order valence-electron chi connectivity index (χ0n) is 11.4. The molecular weight excluding hydrogens is 200 g/mol. The second-order valence-corrected chi connectivity index (χ2v) is 7.84. The zero-order chi connectivity index (χ0) is 12.1. The Labute approximate surface area is 98.2 Å². The summed E-state index contributed by atoms with van der Waals surface area (Å²) in [4.78, 5) is 0. The van der Waals surface area contributed by atoms with Crippen LogP contribution in [0.15, 0.2) is 12.2 Å². The minimum Gasteiger partial charge on any atom is -0.424 e. The van der Waals surface area contributed by atoms with Gasteiger partial charge in [-0.15, -0.1) is 0 Å². The fourth-order valence-electron chi connectivity index (χ4n) is 1.05. The third-order valence-electron chi connectivity index (χ3n) is 2.61. The molecule has 2 heteroatoms. The average molecular weight is 228 g/mol. The Hall–Kier alpha value is -0.0831. The minimum atomic E-state index is -0.384. The largest absolute Gasteiger partial charge is 0.424 e. The molecule has 0 aromatic heterocycles. The number of rotatable bonds is 5. The lowest BCUT2D eigenvalue weighted by Gasteiger charge is -2.22. The molecule has 0 aliphatic carbocycles. The van der Waals surface area contributed by atoms with Gasteiger partial charge < -0.3 is 4.43 Å². The second-order valence-electron chi connectivity index (χ2n) is 6.53. The van der Waals surface area contributed by atoms with Crippen LogP contribution in [0.3, 0.4) is 0 Å². The topological polar surface area (TPSA) is 9.23 Å². The van der Waals surface area contributed by atoms with Gasteiger partial charge in [0.05, 0.1) is 0 Å². The molecule has 0 heterocycles. The summed E-state index contributed by atoms with van der Waals surface area (Å²) >= 11 is 0. The van der Waals surface area contributed by atoms with Crippen molar-refractivity contribution in [1.82, 2.24) is 0 Å². The summed E-state index contributed by atoms with van der Waals surface area (Å²) in [5.41, 5.74) is 1.99. The van der Waals surface area contributed by atoms with E-state index in [1.54, 1.807) is 0 Å². The van der Waals surface area contributed by atoms with Crippen LogP contribution in [0.4, 0.5) is 0 Å². The van der Waals surface area contributed by atoms with E-state index in [-0.39, 0.29) is 15.2 Å². The van der Waals surface area contributed by atoms with Gasteiger partial charge in [-0.05, 0) is 23.3 Å². The van der Waals surface area contributed by atoms with Gasteiger partial charge in [0.25, 0.3) is 0 Å². The molecule has 1 nitrogen and oxygen atoms in total. The van der Waals surface area contributed by atoms with Crippen LogP contribution in [0.25, 0.3) is 0 Å². The van der Waals surface area contributed by atoms with Crippen molar-refractivity contribution in [2.45, 2.75) is 54.0 Å². The Morgan fingerprint density at radius 3 is 2.07 bits per heavy atom. The minimum absolute atomic E-state index is 0.250. The van der Waals surface area contributed by atoms with E-state index >= 15 is 0 Å². The fourth-order valence-corrected chi connectivity index (χ4v) is 2.54. The molecule has 0 spiro atoms. The van der Waals surface area contributed by atoms with Gasteiger partial charge in [-0.3, -0.25) is 0 Å². The normalized spacial score (nSPS) is 13.7. The second kappa shape index (κ2) is 5.85. The Kier molecular flexibility index (Phi) is 5.82. The quantitative estimate of drug-likeness (QED) is 0.397. The van der Waals surface area contributed by atoms with Gasteiger partial charge in [-0.1, -0.05) is 53.7 Å². The first-order valence-electron chi connectivity index (χ1n) is 5.89. The van der Waals surface area contributed by atoms with Gasteiger partial charge in [0, 0.05) is 6.61 Å². The summed E-state index contributed by atoms with van der Waals surface area (Å²) in [6.45, 7) is 18.5. The van der Waals surface area contributed by atoms with Crippen LogP contribution in [0, 0.1) is 10.8 Å². The molecule has 0 fully saturated rings. The highest BCUT2D eigenvalue weighted by Crippen LogP contribution is 2.26.